The van der Waals surface area contributed by atoms with Gasteiger partial charge in [0.05, 0.1) is 11.4 Å². The van der Waals surface area contributed by atoms with Crippen LogP contribution in [-0.4, -0.2) is 65.3 Å². The molecule has 2 aliphatic rings. The molecule has 5 nitrogen and oxygen atoms in total. The van der Waals surface area contributed by atoms with Gasteiger partial charge in [0.1, 0.15) is 5.82 Å². The van der Waals surface area contributed by atoms with E-state index in [2.05, 4.69) is 4.90 Å². The summed E-state index contributed by atoms with van der Waals surface area (Å²) in [6, 6.07) is 10.7. The van der Waals surface area contributed by atoms with Crippen LogP contribution in [0.25, 0.3) is 0 Å². The van der Waals surface area contributed by atoms with Crippen molar-refractivity contribution in [3.63, 3.8) is 0 Å². The SMILES string of the molecule is O=C(CN(Cc1ccc(F)cc1)C1CC1)N1CCN(C(=O)c2cccs2)CC1. The van der Waals surface area contributed by atoms with E-state index in [1.165, 1.54) is 23.5 Å². The van der Waals surface area contributed by atoms with Crippen molar-refractivity contribution in [3.8, 4) is 0 Å². The van der Waals surface area contributed by atoms with E-state index in [9.17, 15) is 14.0 Å². The number of carbonyl (C=O) groups is 2. The fourth-order valence-electron chi connectivity index (χ4n) is 3.57. The lowest BCUT2D eigenvalue weighted by molar-refractivity contribution is -0.134. The molecule has 2 aromatic rings. The third-order valence-electron chi connectivity index (χ3n) is 5.35. The van der Waals surface area contributed by atoms with Gasteiger partial charge in [-0.1, -0.05) is 18.2 Å². The lowest BCUT2D eigenvalue weighted by Gasteiger charge is -2.35. The monoisotopic (exact) mass is 401 g/mol. The highest BCUT2D eigenvalue weighted by molar-refractivity contribution is 7.12. The van der Waals surface area contributed by atoms with E-state index in [0.29, 0.717) is 45.3 Å². The molecule has 28 heavy (non-hydrogen) atoms. The molecule has 1 aliphatic heterocycles. The van der Waals surface area contributed by atoms with Crippen LogP contribution in [0.2, 0.25) is 0 Å². The third kappa shape index (κ3) is 4.59. The Bertz CT molecular complexity index is 813. The minimum atomic E-state index is -0.243. The van der Waals surface area contributed by atoms with Crippen LogP contribution in [0.4, 0.5) is 4.39 Å². The summed E-state index contributed by atoms with van der Waals surface area (Å²) in [4.78, 5) is 31.9. The number of benzene rings is 1. The molecule has 7 heteroatoms. The summed E-state index contributed by atoms with van der Waals surface area (Å²) in [7, 11) is 0. The van der Waals surface area contributed by atoms with Crippen molar-refractivity contribution < 1.29 is 14.0 Å². The van der Waals surface area contributed by atoms with Crippen molar-refractivity contribution in [1.82, 2.24) is 14.7 Å². The van der Waals surface area contributed by atoms with Gasteiger partial charge in [-0.05, 0) is 42.0 Å². The number of carbonyl (C=O) groups excluding carboxylic acids is 2. The van der Waals surface area contributed by atoms with Gasteiger partial charge in [0.2, 0.25) is 5.91 Å². The van der Waals surface area contributed by atoms with Crippen LogP contribution in [0.15, 0.2) is 41.8 Å². The van der Waals surface area contributed by atoms with Crippen molar-refractivity contribution in [2.75, 3.05) is 32.7 Å². The van der Waals surface area contributed by atoms with E-state index < -0.39 is 0 Å². The predicted molar refractivity (Wildman–Crippen MR) is 107 cm³/mol. The molecule has 1 saturated heterocycles. The largest absolute Gasteiger partial charge is 0.338 e. The second kappa shape index (κ2) is 8.41. The van der Waals surface area contributed by atoms with E-state index in [1.807, 2.05) is 27.3 Å². The Morgan fingerprint density at radius 3 is 2.32 bits per heavy atom. The first-order valence-electron chi connectivity index (χ1n) is 9.69. The van der Waals surface area contributed by atoms with E-state index in [-0.39, 0.29) is 17.6 Å². The first kappa shape index (κ1) is 19.1. The number of nitrogens with zero attached hydrogens (tertiary/aromatic N) is 3. The molecule has 0 spiro atoms. The van der Waals surface area contributed by atoms with Gasteiger partial charge in [0.15, 0.2) is 0 Å². The van der Waals surface area contributed by atoms with Gasteiger partial charge in [0, 0.05) is 38.8 Å². The fraction of sp³-hybridized carbons (Fsp3) is 0.429. The fourth-order valence-corrected chi connectivity index (χ4v) is 4.26. The van der Waals surface area contributed by atoms with Crippen molar-refractivity contribution in [1.29, 1.82) is 0 Å². The zero-order chi connectivity index (χ0) is 19.5. The van der Waals surface area contributed by atoms with Gasteiger partial charge in [-0.2, -0.15) is 0 Å². The molecule has 1 saturated carbocycles. The summed E-state index contributed by atoms with van der Waals surface area (Å²) in [5.41, 5.74) is 1.02. The molecule has 0 unspecified atom stereocenters. The Kier molecular flexibility index (Phi) is 5.73. The molecule has 148 valence electrons. The maximum absolute atomic E-state index is 13.1. The molecule has 0 N–H and O–H groups in total. The van der Waals surface area contributed by atoms with Gasteiger partial charge < -0.3 is 9.80 Å². The zero-order valence-electron chi connectivity index (χ0n) is 15.7. The molecule has 2 heterocycles. The van der Waals surface area contributed by atoms with Crippen LogP contribution in [0.1, 0.15) is 28.1 Å². The topological polar surface area (TPSA) is 43.9 Å². The Balaban J connectivity index is 1.30. The smallest absolute Gasteiger partial charge is 0.264 e. The molecule has 2 fully saturated rings. The van der Waals surface area contributed by atoms with E-state index in [0.717, 1.165) is 23.3 Å². The summed E-state index contributed by atoms with van der Waals surface area (Å²) in [5.74, 6) is -0.0805. The maximum Gasteiger partial charge on any atom is 0.264 e. The van der Waals surface area contributed by atoms with Crippen LogP contribution >= 0.6 is 11.3 Å². The Labute approximate surface area is 168 Å². The summed E-state index contributed by atoms with van der Waals surface area (Å²) in [6.45, 7) is 3.33. The molecule has 4 rings (SSSR count). The van der Waals surface area contributed by atoms with Crippen molar-refractivity contribution >= 4 is 23.2 Å². The quantitative estimate of drug-likeness (QED) is 0.748. The second-order valence-electron chi connectivity index (χ2n) is 7.41. The highest BCUT2D eigenvalue weighted by atomic mass is 32.1. The van der Waals surface area contributed by atoms with Gasteiger partial charge in [-0.3, -0.25) is 14.5 Å². The standard InChI is InChI=1S/C21H24FN3O2S/c22-17-5-3-16(4-6-17)14-25(18-7-8-18)15-20(26)23-9-11-24(12-10-23)21(27)19-2-1-13-28-19/h1-6,13,18H,7-12,14-15H2. The molecule has 0 radical (unpaired) electrons. The average Bonchev–Trinajstić information content (AvgIpc) is 3.42. The summed E-state index contributed by atoms with van der Waals surface area (Å²) < 4.78 is 13.1. The number of halogens is 1. The predicted octanol–water partition coefficient (Wildman–Crippen LogP) is 2.84. The Morgan fingerprint density at radius 2 is 1.71 bits per heavy atom. The molecule has 1 aromatic heterocycles. The third-order valence-corrected chi connectivity index (χ3v) is 6.21. The Hall–Kier alpha value is -2.25. The number of hydrogen-bond donors (Lipinski definition) is 0. The molecular weight excluding hydrogens is 377 g/mol. The highest BCUT2D eigenvalue weighted by Crippen LogP contribution is 2.28. The van der Waals surface area contributed by atoms with Crippen LogP contribution in [0.3, 0.4) is 0 Å². The summed E-state index contributed by atoms with van der Waals surface area (Å²) >= 11 is 1.45. The number of amides is 2. The summed E-state index contributed by atoms with van der Waals surface area (Å²) in [6.07, 6.45) is 2.22. The normalized spacial score (nSPS) is 17.2. The Morgan fingerprint density at radius 1 is 1.04 bits per heavy atom. The molecule has 2 amide bonds. The number of thiophene rings is 1. The summed E-state index contributed by atoms with van der Waals surface area (Å²) in [5, 5.41) is 1.90. The van der Waals surface area contributed by atoms with Gasteiger partial charge in [-0.25, -0.2) is 4.39 Å². The first-order valence-corrected chi connectivity index (χ1v) is 10.6. The minimum absolute atomic E-state index is 0.0537. The highest BCUT2D eigenvalue weighted by Gasteiger charge is 2.32. The van der Waals surface area contributed by atoms with Gasteiger partial charge in [-0.15, -0.1) is 11.3 Å². The van der Waals surface area contributed by atoms with Crippen LogP contribution in [0.5, 0.6) is 0 Å². The van der Waals surface area contributed by atoms with E-state index in [1.54, 1.807) is 12.1 Å². The number of piperazine rings is 1. The van der Waals surface area contributed by atoms with Crippen LogP contribution < -0.4 is 0 Å². The van der Waals surface area contributed by atoms with Crippen molar-refractivity contribution in [3.05, 3.63) is 58.0 Å². The zero-order valence-corrected chi connectivity index (χ0v) is 16.5. The molecule has 1 aromatic carbocycles. The van der Waals surface area contributed by atoms with Crippen LogP contribution in [-0.2, 0) is 11.3 Å². The first-order chi connectivity index (χ1) is 13.6. The lowest BCUT2D eigenvalue weighted by Crippen LogP contribution is -2.52. The van der Waals surface area contributed by atoms with Crippen molar-refractivity contribution in [2.24, 2.45) is 0 Å². The maximum atomic E-state index is 13.1. The van der Waals surface area contributed by atoms with E-state index in [4.69, 9.17) is 0 Å². The molecule has 1 aliphatic carbocycles. The average molecular weight is 402 g/mol. The molecule has 0 atom stereocenters. The minimum Gasteiger partial charge on any atom is -0.338 e. The lowest BCUT2D eigenvalue weighted by atomic mass is 10.2. The second-order valence-corrected chi connectivity index (χ2v) is 8.36. The van der Waals surface area contributed by atoms with Gasteiger partial charge in [0.25, 0.3) is 5.91 Å². The number of hydrogen-bond acceptors (Lipinski definition) is 4. The molecular formula is C21H24FN3O2S. The molecule has 0 bridgehead atoms. The van der Waals surface area contributed by atoms with Crippen molar-refractivity contribution in [2.45, 2.75) is 25.4 Å². The number of rotatable bonds is 6. The van der Waals surface area contributed by atoms with Gasteiger partial charge >= 0.3 is 0 Å². The van der Waals surface area contributed by atoms with E-state index >= 15 is 0 Å². The van der Waals surface area contributed by atoms with Crippen LogP contribution in [0, 0.1) is 5.82 Å².